The van der Waals surface area contributed by atoms with Gasteiger partial charge in [0, 0.05) is 16.7 Å². The van der Waals surface area contributed by atoms with Crippen molar-refractivity contribution in [1.82, 2.24) is 0 Å². The standard InChI is InChI=1S/C19H20O7/c1-8-16(22)9(2)18-15(17(8)23)11(20)7-13(26-18)10-5-12(21)19(25-4)14(6-10)24-3/h5-6,13,21-23H,7H2,1-4H3. The quantitative estimate of drug-likeness (QED) is 0.772. The number of phenolic OH excluding ortho intramolecular Hbond substituents is 3. The van der Waals surface area contributed by atoms with Crippen LogP contribution in [0.25, 0.3) is 0 Å². The lowest BCUT2D eigenvalue weighted by molar-refractivity contribution is 0.0841. The van der Waals surface area contributed by atoms with Gasteiger partial charge in [-0.15, -0.1) is 0 Å². The van der Waals surface area contributed by atoms with Crippen LogP contribution in [0, 0.1) is 13.8 Å². The maximum absolute atomic E-state index is 12.6. The highest BCUT2D eigenvalue weighted by Gasteiger charge is 2.34. The number of hydrogen-bond donors (Lipinski definition) is 3. The first-order valence-corrected chi connectivity index (χ1v) is 7.99. The van der Waals surface area contributed by atoms with Crippen LogP contribution < -0.4 is 14.2 Å². The Kier molecular flexibility index (Phi) is 4.31. The van der Waals surface area contributed by atoms with Crippen molar-refractivity contribution < 1.29 is 34.3 Å². The van der Waals surface area contributed by atoms with Crippen molar-refractivity contribution in [1.29, 1.82) is 0 Å². The molecule has 1 unspecified atom stereocenters. The minimum absolute atomic E-state index is 0.0286. The minimum atomic E-state index is -0.707. The number of methoxy groups -OCH3 is 2. The van der Waals surface area contributed by atoms with Gasteiger partial charge < -0.3 is 29.5 Å². The summed E-state index contributed by atoms with van der Waals surface area (Å²) in [4.78, 5) is 12.6. The summed E-state index contributed by atoms with van der Waals surface area (Å²) < 4.78 is 16.2. The molecular formula is C19H20O7. The number of hydrogen-bond acceptors (Lipinski definition) is 7. The largest absolute Gasteiger partial charge is 0.507 e. The van der Waals surface area contributed by atoms with E-state index >= 15 is 0 Å². The lowest BCUT2D eigenvalue weighted by Gasteiger charge is -2.29. The highest BCUT2D eigenvalue weighted by molar-refractivity contribution is 6.03. The summed E-state index contributed by atoms with van der Waals surface area (Å²) in [5, 5.41) is 30.5. The van der Waals surface area contributed by atoms with Crippen molar-refractivity contribution in [3.05, 3.63) is 34.4 Å². The number of benzene rings is 2. The molecule has 3 N–H and O–H groups in total. The lowest BCUT2D eigenvalue weighted by atomic mass is 9.91. The van der Waals surface area contributed by atoms with Crippen LogP contribution in [0.3, 0.4) is 0 Å². The van der Waals surface area contributed by atoms with Gasteiger partial charge in [0.2, 0.25) is 5.75 Å². The molecule has 3 rings (SSSR count). The van der Waals surface area contributed by atoms with Gasteiger partial charge in [0.25, 0.3) is 0 Å². The van der Waals surface area contributed by atoms with Gasteiger partial charge in [-0.3, -0.25) is 4.79 Å². The third kappa shape index (κ3) is 2.56. The molecule has 0 saturated carbocycles. The molecular weight excluding hydrogens is 340 g/mol. The average molecular weight is 360 g/mol. The molecule has 7 heteroatoms. The van der Waals surface area contributed by atoms with Crippen LogP contribution in [-0.4, -0.2) is 35.3 Å². The SMILES string of the molecule is COc1cc(C2CC(=O)c3c(O)c(C)c(O)c(C)c3O2)cc(O)c1OC. The Morgan fingerprint density at radius 1 is 1.04 bits per heavy atom. The fourth-order valence-corrected chi connectivity index (χ4v) is 3.18. The molecule has 26 heavy (non-hydrogen) atoms. The van der Waals surface area contributed by atoms with E-state index in [1.165, 1.54) is 27.2 Å². The van der Waals surface area contributed by atoms with Crippen molar-refractivity contribution in [2.24, 2.45) is 0 Å². The van der Waals surface area contributed by atoms with E-state index in [0.29, 0.717) is 16.9 Å². The van der Waals surface area contributed by atoms with Crippen molar-refractivity contribution in [2.75, 3.05) is 14.2 Å². The van der Waals surface area contributed by atoms with Crippen LogP contribution >= 0.6 is 0 Å². The lowest BCUT2D eigenvalue weighted by Crippen LogP contribution is -2.21. The molecule has 2 aromatic rings. The number of ketones is 1. The molecule has 7 nitrogen and oxygen atoms in total. The Bertz CT molecular complexity index is 902. The molecule has 1 atom stereocenters. The van der Waals surface area contributed by atoms with E-state index in [1.54, 1.807) is 13.0 Å². The summed E-state index contributed by atoms with van der Waals surface area (Å²) in [6.07, 6.45) is -0.736. The Morgan fingerprint density at radius 2 is 1.73 bits per heavy atom. The smallest absolute Gasteiger partial charge is 0.203 e. The first-order chi connectivity index (χ1) is 12.3. The third-order valence-electron chi connectivity index (χ3n) is 4.63. The Hall–Kier alpha value is -3.09. The second-order valence-corrected chi connectivity index (χ2v) is 6.16. The summed E-state index contributed by atoms with van der Waals surface area (Å²) >= 11 is 0. The van der Waals surface area contributed by atoms with E-state index in [1.807, 2.05) is 0 Å². The number of carbonyl (C=O) groups excluding carboxylic acids is 1. The monoisotopic (exact) mass is 360 g/mol. The number of aromatic hydroxyl groups is 3. The molecule has 1 aliphatic rings. The van der Waals surface area contributed by atoms with Crippen LogP contribution in [0.1, 0.15) is 39.6 Å². The Morgan fingerprint density at radius 3 is 2.35 bits per heavy atom. The molecule has 0 radical (unpaired) electrons. The van der Waals surface area contributed by atoms with Gasteiger partial charge >= 0.3 is 0 Å². The molecule has 1 heterocycles. The van der Waals surface area contributed by atoms with Crippen molar-refractivity contribution in [2.45, 2.75) is 26.4 Å². The molecule has 0 fully saturated rings. The van der Waals surface area contributed by atoms with Crippen LogP contribution in [0.5, 0.6) is 34.5 Å². The second kappa shape index (κ2) is 6.33. The van der Waals surface area contributed by atoms with E-state index in [2.05, 4.69) is 0 Å². The van der Waals surface area contributed by atoms with Crippen molar-refractivity contribution in [3.8, 4) is 34.5 Å². The average Bonchev–Trinajstić information content (AvgIpc) is 2.63. The molecule has 2 aromatic carbocycles. The summed E-state index contributed by atoms with van der Waals surface area (Å²) in [6, 6.07) is 3.05. The summed E-state index contributed by atoms with van der Waals surface area (Å²) in [5.41, 5.74) is 1.19. The third-order valence-corrected chi connectivity index (χ3v) is 4.63. The van der Waals surface area contributed by atoms with Gasteiger partial charge in [0.1, 0.15) is 28.9 Å². The van der Waals surface area contributed by atoms with Gasteiger partial charge in [-0.2, -0.15) is 0 Å². The fourth-order valence-electron chi connectivity index (χ4n) is 3.18. The molecule has 1 aliphatic heterocycles. The molecule has 0 bridgehead atoms. The number of carbonyl (C=O) groups is 1. The van der Waals surface area contributed by atoms with Gasteiger partial charge in [-0.1, -0.05) is 0 Å². The predicted molar refractivity (Wildman–Crippen MR) is 92.8 cm³/mol. The van der Waals surface area contributed by atoms with Gasteiger partial charge in [0.15, 0.2) is 17.3 Å². The zero-order chi connectivity index (χ0) is 19.2. The van der Waals surface area contributed by atoms with E-state index in [9.17, 15) is 20.1 Å². The number of fused-ring (bicyclic) bond motifs is 1. The Balaban J connectivity index is 2.10. The number of Topliss-reactive ketones (excluding diaryl/α,β-unsaturated/α-hetero) is 1. The van der Waals surface area contributed by atoms with Crippen LogP contribution in [0.2, 0.25) is 0 Å². The van der Waals surface area contributed by atoms with Gasteiger partial charge in [-0.25, -0.2) is 0 Å². The normalized spacial score (nSPS) is 16.0. The first-order valence-electron chi connectivity index (χ1n) is 7.99. The Labute approximate surface area is 150 Å². The maximum atomic E-state index is 12.6. The number of phenols is 3. The van der Waals surface area contributed by atoms with E-state index in [4.69, 9.17) is 14.2 Å². The summed E-state index contributed by atoms with van der Waals surface area (Å²) in [6.45, 7) is 3.14. The molecule has 0 saturated heterocycles. The zero-order valence-electron chi connectivity index (χ0n) is 14.9. The molecule has 0 amide bonds. The van der Waals surface area contributed by atoms with E-state index in [-0.39, 0.29) is 52.1 Å². The second-order valence-electron chi connectivity index (χ2n) is 6.16. The molecule has 0 aliphatic carbocycles. The highest BCUT2D eigenvalue weighted by Crippen LogP contribution is 2.48. The van der Waals surface area contributed by atoms with Gasteiger partial charge in [-0.05, 0) is 26.0 Å². The van der Waals surface area contributed by atoms with Crippen molar-refractivity contribution >= 4 is 5.78 Å². The molecule has 0 spiro atoms. The summed E-state index contributed by atoms with van der Waals surface area (Å²) in [5.74, 6) is -0.228. The number of rotatable bonds is 3. The topological polar surface area (TPSA) is 105 Å². The minimum Gasteiger partial charge on any atom is -0.507 e. The first kappa shape index (κ1) is 17.7. The zero-order valence-corrected chi connectivity index (χ0v) is 14.9. The van der Waals surface area contributed by atoms with Crippen LogP contribution in [0.4, 0.5) is 0 Å². The highest BCUT2D eigenvalue weighted by atomic mass is 16.5. The van der Waals surface area contributed by atoms with E-state index in [0.717, 1.165) is 0 Å². The van der Waals surface area contributed by atoms with Crippen molar-refractivity contribution in [3.63, 3.8) is 0 Å². The van der Waals surface area contributed by atoms with Crippen LogP contribution in [0.15, 0.2) is 12.1 Å². The fraction of sp³-hybridized carbons (Fsp3) is 0.316. The van der Waals surface area contributed by atoms with Gasteiger partial charge in [0.05, 0.1) is 20.6 Å². The predicted octanol–water partition coefficient (Wildman–Crippen LogP) is 3.14. The summed E-state index contributed by atoms with van der Waals surface area (Å²) in [7, 11) is 2.84. The van der Waals surface area contributed by atoms with Crippen LogP contribution in [-0.2, 0) is 0 Å². The molecule has 138 valence electrons. The van der Waals surface area contributed by atoms with E-state index < -0.39 is 6.10 Å². The number of ether oxygens (including phenoxy) is 3. The molecule has 0 aromatic heterocycles. The maximum Gasteiger partial charge on any atom is 0.203 e.